The van der Waals surface area contributed by atoms with E-state index in [1.165, 1.54) is 40.0 Å². The monoisotopic (exact) mass is 344 g/mol. The number of aryl methyl sites for hydroxylation is 1. The van der Waals surface area contributed by atoms with Crippen LogP contribution in [0.15, 0.2) is 15.6 Å². The third-order valence-electron chi connectivity index (χ3n) is 3.17. The molecule has 1 fully saturated rings. The Balaban J connectivity index is 1.81. The lowest BCUT2D eigenvalue weighted by Crippen LogP contribution is -2.68. The number of carbonyl (C=O) groups is 2. The molecule has 0 aromatic carbocycles. The van der Waals surface area contributed by atoms with Gasteiger partial charge < -0.3 is 10.8 Å². The molecule has 3 N–H and O–H groups in total. The first-order valence-corrected chi connectivity index (χ1v) is 8.88. The number of β-lactam (4-membered cyclic amide) rings is 1. The second-order valence-electron chi connectivity index (χ2n) is 4.59. The van der Waals surface area contributed by atoms with Gasteiger partial charge in [-0.2, -0.15) is 4.37 Å². The lowest BCUT2D eigenvalue weighted by molar-refractivity contribution is -0.147. The summed E-state index contributed by atoms with van der Waals surface area (Å²) in [5.41, 5.74) is 6.51. The molecule has 0 bridgehead atoms. The summed E-state index contributed by atoms with van der Waals surface area (Å²) in [6.45, 7) is 1.81. The number of hydrogen-bond acceptors (Lipinski definition) is 8. The number of nitrogens with zero attached hydrogens (tertiary/aromatic N) is 3. The molecule has 1 saturated heterocycles. The van der Waals surface area contributed by atoms with E-state index in [1.807, 2.05) is 6.92 Å². The number of aliphatic carboxylic acids is 1. The number of carboxylic acids is 1. The molecule has 2 atom stereocenters. The summed E-state index contributed by atoms with van der Waals surface area (Å²) < 4.78 is 4.88. The highest BCUT2D eigenvalue weighted by molar-refractivity contribution is 8.01. The van der Waals surface area contributed by atoms with Gasteiger partial charge in [0.15, 0.2) is 4.34 Å². The molecule has 1 amide bonds. The van der Waals surface area contributed by atoms with Crippen LogP contribution in [0.5, 0.6) is 0 Å². The number of hydrogen-bond donors (Lipinski definition) is 2. The quantitative estimate of drug-likeness (QED) is 0.601. The fourth-order valence-corrected chi connectivity index (χ4v) is 5.26. The zero-order chi connectivity index (χ0) is 15.1. The lowest BCUT2D eigenvalue weighted by atomic mass is 10.0. The number of carbonyl (C=O) groups excluding carboxylic acids is 1. The molecule has 7 nitrogen and oxygen atoms in total. The number of amides is 1. The highest BCUT2D eigenvalue weighted by atomic mass is 32.2. The average molecular weight is 344 g/mol. The minimum Gasteiger partial charge on any atom is -0.477 e. The van der Waals surface area contributed by atoms with Crippen molar-refractivity contribution in [1.82, 2.24) is 14.3 Å². The molecule has 1 aromatic rings. The van der Waals surface area contributed by atoms with E-state index < -0.39 is 12.0 Å². The molecule has 1 unspecified atom stereocenters. The maximum atomic E-state index is 11.8. The van der Waals surface area contributed by atoms with Gasteiger partial charge >= 0.3 is 5.97 Å². The molecular formula is C11H12N4O3S3. The first-order chi connectivity index (χ1) is 9.99. The summed E-state index contributed by atoms with van der Waals surface area (Å²) in [6, 6.07) is -0.593. The fourth-order valence-electron chi connectivity index (χ4n) is 2.18. The van der Waals surface area contributed by atoms with E-state index in [0.717, 1.165) is 9.91 Å². The standard InChI is InChI=1S/C11H12N4O3S3/c1-4-13-11(21-14-4)20-3-5-2-19-9-6(12)8(16)15(9)7(5)10(17)18/h6,9H,2-3,12H2,1H3,(H,17,18)/t6?,9-/m0/s1. The molecule has 10 heteroatoms. The van der Waals surface area contributed by atoms with Crippen molar-refractivity contribution in [3.8, 4) is 0 Å². The van der Waals surface area contributed by atoms with Crippen molar-refractivity contribution in [1.29, 1.82) is 0 Å². The molecule has 21 heavy (non-hydrogen) atoms. The summed E-state index contributed by atoms with van der Waals surface area (Å²) in [5, 5.41) is 9.15. The predicted octanol–water partition coefficient (Wildman–Crippen LogP) is 0.520. The van der Waals surface area contributed by atoms with Gasteiger partial charge in [-0.05, 0) is 24.0 Å². The molecular weight excluding hydrogens is 332 g/mol. The van der Waals surface area contributed by atoms with Crippen molar-refractivity contribution >= 4 is 46.9 Å². The SMILES string of the molecule is Cc1nsc(SCC2=C(C(=O)O)N3C(=O)C(N)[C@@H]3SC2)n1. The Kier molecular flexibility index (Phi) is 3.95. The van der Waals surface area contributed by atoms with Gasteiger partial charge in [-0.25, -0.2) is 9.78 Å². The summed E-state index contributed by atoms with van der Waals surface area (Å²) >= 11 is 4.24. The van der Waals surface area contributed by atoms with Crippen molar-refractivity contribution in [2.24, 2.45) is 5.73 Å². The molecule has 0 aliphatic carbocycles. The van der Waals surface area contributed by atoms with Gasteiger partial charge in [0.25, 0.3) is 0 Å². The van der Waals surface area contributed by atoms with Crippen LogP contribution in [0.25, 0.3) is 0 Å². The van der Waals surface area contributed by atoms with Crippen LogP contribution >= 0.6 is 35.1 Å². The topological polar surface area (TPSA) is 109 Å². The predicted molar refractivity (Wildman–Crippen MR) is 81.1 cm³/mol. The highest BCUT2D eigenvalue weighted by Gasteiger charge is 2.51. The first-order valence-electron chi connectivity index (χ1n) is 6.07. The van der Waals surface area contributed by atoms with E-state index >= 15 is 0 Å². The van der Waals surface area contributed by atoms with Gasteiger partial charge in [-0.3, -0.25) is 9.69 Å². The van der Waals surface area contributed by atoms with Crippen molar-refractivity contribution in [3.05, 3.63) is 17.1 Å². The third kappa shape index (κ3) is 2.56. The van der Waals surface area contributed by atoms with Gasteiger partial charge in [-0.1, -0.05) is 11.8 Å². The van der Waals surface area contributed by atoms with Gasteiger partial charge in [0.2, 0.25) is 5.91 Å². The number of aromatic nitrogens is 2. The van der Waals surface area contributed by atoms with E-state index in [1.54, 1.807) is 0 Å². The molecule has 3 rings (SSSR count). The molecule has 3 heterocycles. The molecule has 2 aliphatic heterocycles. The normalized spacial score (nSPS) is 24.9. The van der Waals surface area contributed by atoms with Gasteiger partial charge in [0.05, 0.1) is 0 Å². The Morgan fingerprint density at radius 3 is 3.00 bits per heavy atom. The molecule has 0 radical (unpaired) electrons. The van der Waals surface area contributed by atoms with Crippen LogP contribution in [0, 0.1) is 6.92 Å². The number of carboxylic acid groups (broad SMARTS) is 1. The Hall–Kier alpha value is -1.10. The van der Waals surface area contributed by atoms with Gasteiger partial charge in [0.1, 0.15) is 22.9 Å². The van der Waals surface area contributed by atoms with Crippen LogP contribution in [0.3, 0.4) is 0 Å². The van der Waals surface area contributed by atoms with Crippen LogP contribution in [0.2, 0.25) is 0 Å². The van der Waals surface area contributed by atoms with Crippen LogP contribution in [-0.4, -0.2) is 54.2 Å². The van der Waals surface area contributed by atoms with Gasteiger partial charge in [-0.15, -0.1) is 11.8 Å². The van der Waals surface area contributed by atoms with Crippen LogP contribution < -0.4 is 5.73 Å². The molecule has 112 valence electrons. The molecule has 2 aliphatic rings. The minimum atomic E-state index is -1.08. The van der Waals surface area contributed by atoms with E-state index in [2.05, 4.69) is 9.36 Å². The molecule has 0 saturated carbocycles. The molecule has 0 spiro atoms. The smallest absolute Gasteiger partial charge is 0.352 e. The van der Waals surface area contributed by atoms with Gasteiger partial charge in [0, 0.05) is 11.5 Å². The summed E-state index contributed by atoms with van der Waals surface area (Å²) in [4.78, 5) is 28.8. The van der Waals surface area contributed by atoms with Crippen molar-refractivity contribution < 1.29 is 14.7 Å². The second kappa shape index (κ2) is 5.59. The van der Waals surface area contributed by atoms with Crippen LogP contribution in [-0.2, 0) is 9.59 Å². The van der Waals surface area contributed by atoms with Crippen molar-refractivity contribution in [2.45, 2.75) is 22.7 Å². The molecule has 1 aromatic heterocycles. The fraction of sp³-hybridized carbons (Fsp3) is 0.455. The highest BCUT2D eigenvalue weighted by Crippen LogP contribution is 2.40. The maximum absolute atomic E-state index is 11.8. The lowest BCUT2D eigenvalue weighted by Gasteiger charge is -2.48. The van der Waals surface area contributed by atoms with E-state index in [0.29, 0.717) is 17.3 Å². The number of rotatable bonds is 4. The summed E-state index contributed by atoms with van der Waals surface area (Å²) in [5.74, 6) is 0.351. The Labute approximate surface area is 133 Å². The zero-order valence-electron chi connectivity index (χ0n) is 11.0. The zero-order valence-corrected chi connectivity index (χ0v) is 13.4. The Morgan fingerprint density at radius 1 is 1.62 bits per heavy atom. The average Bonchev–Trinajstić information content (AvgIpc) is 2.88. The second-order valence-corrected chi connectivity index (χ2v) is 7.67. The van der Waals surface area contributed by atoms with E-state index in [9.17, 15) is 14.7 Å². The number of fused-ring (bicyclic) bond motifs is 1. The summed E-state index contributed by atoms with van der Waals surface area (Å²) in [6.07, 6.45) is 0. The third-order valence-corrected chi connectivity index (χ3v) is 6.54. The van der Waals surface area contributed by atoms with Crippen LogP contribution in [0.1, 0.15) is 5.82 Å². The minimum absolute atomic E-state index is 0.0826. The summed E-state index contributed by atoms with van der Waals surface area (Å²) in [7, 11) is 0. The van der Waals surface area contributed by atoms with E-state index in [4.69, 9.17) is 5.73 Å². The largest absolute Gasteiger partial charge is 0.477 e. The number of nitrogens with two attached hydrogens (primary N) is 1. The first kappa shape index (κ1) is 14.8. The Morgan fingerprint density at radius 2 is 2.38 bits per heavy atom. The van der Waals surface area contributed by atoms with Crippen molar-refractivity contribution in [2.75, 3.05) is 11.5 Å². The van der Waals surface area contributed by atoms with Crippen molar-refractivity contribution in [3.63, 3.8) is 0 Å². The maximum Gasteiger partial charge on any atom is 0.352 e. The number of thioether (sulfide) groups is 2. The van der Waals surface area contributed by atoms with Crippen LogP contribution in [0.4, 0.5) is 0 Å². The van der Waals surface area contributed by atoms with E-state index in [-0.39, 0.29) is 17.0 Å². The Bertz CT molecular complexity index is 644.